The Morgan fingerprint density at radius 1 is 1.19 bits per heavy atom. The minimum absolute atomic E-state index is 0.133. The number of para-hydroxylation sites is 1. The van der Waals surface area contributed by atoms with Gasteiger partial charge in [0.2, 0.25) is 0 Å². The number of likely N-dealkylation sites (N-methyl/N-ethyl adjacent to an activating group) is 1. The third-order valence-corrected chi connectivity index (χ3v) is 7.89. The number of thiazole rings is 1. The summed E-state index contributed by atoms with van der Waals surface area (Å²) in [4.78, 5) is 22.6. The Hall–Kier alpha value is -2.25. The molecule has 1 saturated heterocycles. The molecule has 1 amide bonds. The Balaban J connectivity index is 1.33. The number of carbonyl (C=O) groups is 1. The first kappa shape index (κ1) is 20.6. The van der Waals surface area contributed by atoms with Crippen LogP contribution >= 0.6 is 11.3 Å². The fourth-order valence-corrected chi connectivity index (χ4v) is 6.10. The molecule has 1 aliphatic carbocycles. The van der Waals surface area contributed by atoms with Crippen molar-refractivity contribution in [2.45, 2.75) is 57.5 Å². The number of nitrogens with zero attached hydrogens (tertiary/aromatic N) is 5. The summed E-state index contributed by atoms with van der Waals surface area (Å²) in [6.07, 6.45) is 7.61. The molecule has 1 aromatic carbocycles. The Labute approximate surface area is 187 Å². The minimum atomic E-state index is 0.133. The van der Waals surface area contributed by atoms with Crippen molar-refractivity contribution in [1.29, 1.82) is 0 Å². The number of aryl methyl sites for hydroxylation is 1. The number of fused-ring (bicyclic) bond motifs is 2. The van der Waals surface area contributed by atoms with E-state index in [1.54, 1.807) is 11.3 Å². The van der Waals surface area contributed by atoms with Crippen LogP contribution in [0.5, 0.6) is 0 Å². The quantitative estimate of drug-likeness (QED) is 0.618. The van der Waals surface area contributed by atoms with Gasteiger partial charge in [-0.05, 0) is 51.3 Å². The van der Waals surface area contributed by atoms with Crippen LogP contribution in [0.2, 0.25) is 0 Å². The van der Waals surface area contributed by atoms with Gasteiger partial charge in [0.05, 0.1) is 16.8 Å². The van der Waals surface area contributed by atoms with E-state index in [4.69, 9.17) is 10.1 Å². The SMILES string of the molecule is CN(Cc1nc2ccccc2s1)C1CCc2c(c(C(=O)N3CCCCCC3)nn2C)C1. The molecule has 164 valence electrons. The van der Waals surface area contributed by atoms with E-state index in [1.807, 2.05) is 22.7 Å². The van der Waals surface area contributed by atoms with E-state index in [0.29, 0.717) is 11.7 Å². The van der Waals surface area contributed by atoms with E-state index in [2.05, 4.69) is 30.1 Å². The lowest BCUT2D eigenvalue weighted by Crippen LogP contribution is -2.37. The number of likely N-dealkylation sites (tertiary alicyclic amines) is 1. The highest BCUT2D eigenvalue weighted by molar-refractivity contribution is 7.18. The number of amides is 1. The first-order chi connectivity index (χ1) is 15.1. The van der Waals surface area contributed by atoms with Gasteiger partial charge in [-0.1, -0.05) is 25.0 Å². The van der Waals surface area contributed by atoms with Crippen LogP contribution in [-0.4, -0.2) is 56.7 Å². The Kier molecular flexibility index (Phi) is 5.80. The van der Waals surface area contributed by atoms with Gasteiger partial charge in [0.25, 0.3) is 5.91 Å². The Morgan fingerprint density at radius 2 is 1.97 bits per heavy atom. The van der Waals surface area contributed by atoms with E-state index in [-0.39, 0.29) is 5.91 Å². The van der Waals surface area contributed by atoms with Crippen LogP contribution in [0.3, 0.4) is 0 Å². The van der Waals surface area contributed by atoms with Crippen LogP contribution < -0.4 is 0 Å². The fraction of sp³-hybridized carbons (Fsp3) is 0.542. The second-order valence-corrected chi connectivity index (χ2v) is 10.1. The summed E-state index contributed by atoms with van der Waals surface area (Å²) in [6.45, 7) is 2.57. The predicted octanol–water partition coefficient (Wildman–Crippen LogP) is 4.04. The Morgan fingerprint density at radius 3 is 2.74 bits per heavy atom. The molecular weight excluding hydrogens is 406 g/mol. The van der Waals surface area contributed by atoms with Crippen molar-refractivity contribution in [3.8, 4) is 0 Å². The van der Waals surface area contributed by atoms with Crippen LogP contribution in [-0.2, 0) is 26.4 Å². The molecule has 1 atom stereocenters. The zero-order chi connectivity index (χ0) is 21.4. The van der Waals surface area contributed by atoms with E-state index in [1.165, 1.54) is 28.8 Å². The third-order valence-electron chi connectivity index (χ3n) is 6.87. The molecule has 0 saturated carbocycles. The third kappa shape index (κ3) is 4.13. The molecule has 2 aromatic heterocycles. The van der Waals surface area contributed by atoms with E-state index < -0.39 is 0 Å². The van der Waals surface area contributed by atoms with Gasteiger partial charge < -0.3 is 4.90 Å². The van der Waals surface area contributed by atoms with Gasteiger partial charge >= 0.3 is 0 Å². The maximum Gasteiger partial charge on any atom is 0.274 e. The molecule has 7 heteroatoms. The highest BCUT2D eigenvalue weighted by atomic mass is 32.1. The number of hydrogen-bond donors (Lipinski definition) is 0. The summed E-state index contributed by atoms with van der Waals surface area (Å²) >= 11 is 1.78. The Bertz CT molecular complexity index is 1050. The minimum Gasteiger partial charge on any atom is -0.337 e. The van der Waals surface area contributed by atoms with Crippen LogP contribution in [0, 0.1) is 0 Å². The van der Waals surface area contributed by atoms with Gasteiger partial charge in [-0.15, -0.1) is 11.3 Å². The summed E-state index contributed by atoms with van der Waals surface area (Å²) in [6, 6.07) is 8.74. The largest absolute Gasteiger partial charge is 0.337 e. The molecule has 0 N–H and O–H groups in total. The van der Waals surface area contributed by atoms with Crippen molar-refractivity contribution in [2.24, 2.45) is 7.05 Å². The number of aromatic nitrogens is 3. The highest BCUT2D eigenvalue weighted by Crippen LogP contribution is 2.30. The van der Waals surface area contributed by atoms with Gasteiger partial charge in [-0.2, -0.15) is 5.10 Å². The summed E-state index contributed by atoms with van der Waals surface area (Å²) in [5, 5.41) is 5.86. The summed E-state index contributed by atoms with van der Waals surface area (Å²) in [5.74, 6) is 0.133. The lowest BCUT2D eigenvalue weighted by atomic mass is 9.90. The number of rotatable bonds is 4. The molecule has 1 aliphatic heterocycles. The summed E-state index contributed by atoms with van der Waals surface area (Å²) < 4.78 is 3.19. The molecule has 5 rings (SSSR count). The van der Waals surface area contributed by atoms with Crippen LogP contribution in [0.1, 0.15) is 58.9 Å². The molecule has 2 aliphatic rings. The maximum absolute atomic E-state index is 13.3. The molecular formula is C24H31N5OS. The molecule has 0 bridgehead atoms. The lowest BCUT2D eigenvalue weighted by Gasteiger charge is -2.31. The van der Waals surface area contributed by atoms with Crippen molar-refractivity contribution >= 4 is 27.5 Å². The summed E-state index contributed by atoms with van der Waals surface area (Å²) in [5.41, 5.74) is 4.18. The van der Waals surface area contributed by atoms with E-state index in [0.717, 1.165) is 62.3 Å². The van der Waals surface area contributed by atoms with Crippen molar-refractivity contribution in [3.63, 3.8) is 0 Å². The second kappa shape index (κ2) is 8.71. The number of benzene rings is 1. The van der Waals surface area contributed by atoms with Crippen molar-refractivity contribution in [3.05, 3.63) is 46.2 Å². The molecule has 31 heavy (non-hydrogen) atoms. The van der Waals surface area contributed by atoms with Crippen LogP contribution in [0.15, 0.2) is 24.3 Å². The number of hydrogen-bond acceptors (Lipinski definition) is 5. The van der Waals surface area contributed by atoms with Gasteiger partial charge in [-0.25, -0.2) is 4.98 Å². The normalized spacial score (nSPS) is 19.6. The molecule has 3 aromatic rings. The zero-order valence-electron chi connectivity index (χ0n) is 18.5. The topological polar surface area (TPSA) is 54.3 Å². The van der Waals surface area contributed by atoms with Crippen molar-refractivity contribution < 1.29 is 4.79 Å². The molecule has 0 spiro atoms. The average Bonchev–Trinajstić information content (AvgIpc) is 3.20. The van der Waals surface area contributed by atoms with Crippen molar-refractivity contribution in [1.82, 2.24) is 24.6 Å². The monoisotopic (exact) mass is 437 g/mol. The van der Waals surface area contributed by atoms with Gasteiger partial charge in [0, 0.05) is 37.4 Å². The number of carbonyl (C=O) groups excluding carboxylic acids is 1. The maximum atomic E-state index is 13.3. The lowest BCUT2D eigenvalue weighted by molar-refractivity contribution is 0.0753. The molecule has 6 nitrogen and oxygen atoms in total. The molecule has 0 radical (unpaired) electrons. The molecule has 3 heterocycles. The van der Waals surface area contributed by atoms with Crippen LogP contribution in [0.4, 0.5) is 0 Å². The average molecular weight is 438 g/mol. The zero-order valence-corrected chi connectivity index (χ0v) is 19.3. The smallest absolute Gasteiger partial charge is 0.274 e. The molecule has 1 fully saturated rings. The van der Waals surface area contributed by atoms with Gasteiger partial charge in [0.15, 0.2) is 5.69 Å². The first-order valence-electron chi connectivity index (χ1n) is 11.5. The van der Waals surface area contributed by atoms with Crippen molar-refractivity contribution in [2.75, 3.05) is 20.1 Å². The van der Waals surface area contributed by atoms with Gasteiger partial charge in [0.1, 0.15) is 5.01 Å². The summed E-state index contributed by atoms with van der Waals surface area (Å²) in [7, 11) is 4.18. The first-order valence-corrected chi connectivity index (χ1v) is 12.3. The van der Waals surface area contributed by atoms with E-state index in [9.17, 15) is 4.79 Å². The molecule has 1 unspecified atom stereocenters. The standard InChI is InChI=1S/C24H31N5OS/c1-27(16-22-25-19-9-5-6-10-21(19)31-22)17-11-12-20-18(15-17)23(26-28(20)2)24(30)29-13-7-3-4-8-14-29/h5-6,9-10,17H,3-4,7-8,11-16H2,1-2H3. The van der Waals surface area contributed by atoms with E-state index >= 15 is 0 Å². The van der Waals surface area contributed by atoms with Gasteiger partial charge in [-0.3, -0.25) is 14.4 Å². The second-order valence-electron chi connectivity index (χ2n) is 8.99. The predicted molar refractivity (Wildman–Crippen MR) is 124 cm³/mol. The van der Waals surface area contributed by atoms with Crippen LogP contribution in [0.25, 0.3) is 10.2 Å². The fourth-order valence-electron chi connectivity index (χ4n) is 5.07. The highest BCUT2D eigenvalue weighted by Gasteiger charge is 2.32.